The van der Waals surface area contributed by atoms with Gasteiger partial charge in [0.25, 0.3) is 11.6 Å². The fourth-order valence-electron chi connectivity index (χ4n) is 3.57. The van der Waals surface area contributed by atoms with Crippen molar-refractivity contribution in [2.45, 2.75) is 65.0 Å². The number of aromatic nitrogens is 2. The van der Waals surface area contributed by atoms with E-state index in [2.05, 4.69) is 10.1 Å². The van der Waals surface area contributed by atoms with Gasteiger partial charge in [-0.1, -0.05) is 19.0 Å². The van der Waals surface area contributed by atoms with Crippen molar-refractivity contribution in [3.05, 3.63) is 23.0 Å². The predicted molar refractivity (Wildman–Crippen MR) is 93.0 cm³/mol. The third-order valence-corrected chi connectivity index (χ3v) is 4.80. The molecule has 6 heteroatoms. The summed E-state index contributed by atoms with van der Waals surface area (Å²) in [6.45, 7) is 8.67. The van der Waals surface area contributed by atoms with E-state index in [4.69, 9.17) is 10.3 Å². The van der Waals surface area contributed by atoms with E-state index >= 15 is 0 Å². The third kappa shape index (κ3) is 2.90. The van der Waals surface area contributed by atoms with Gasteiger partial charge in [0.05, 0.1) is 16.6 Å². The van der Waals surface area contributed by atoms with E-state index < -0.39 is 0 Å². The van der Waals surface area contributed by atoms with Crippen LogP contribution in [0.2, 0.25) is 0 Å². The monoisotopic (exact) mass is 330 g/mol. The highest BCUT2D eigenvalue weighted by Gasteiger charge is 2.32. The van der Waals surface area contributed by atoms with Crippen molar-refractivity contribution >= 4 is 17.0 Å². The smallest absolute Gasteiger partial charge is 0.259 e. The van der Waals surface area contributed by atoms with E-state index in [1.165, 1.54) is 0 Å². The molecular weight excluding hydrogens is 304 g/mol. The Morgan fingerprint density at radius 3 is 2.79 bits per heavy atom. The Hall–Kier alpha value is -1.95. The lowest BCUT2D eigenvalue weighted by Gasteiger charge is -2.38. The van der Waals surface area contributed by atoms with Gasteiger partial charge in [0.15, 0.2) is 0 Å². The lowest BCUT2D eigenvalue weighted by molar-refractivity contribution is 0.0585. The number of hydrogen-bond acceptors (Lipinski definition) is 5. The second kappa shape index (κ2) is 6.51. The second-order valence-electron chi connectivity index (χ2n) is 7.13. The van der Waals surface area contributed by atoms with Crippen LogP contribution in [0.1, 0.15) is 67.7 Å². The van der Waals surface area contributed by atoms with Crippen LogP contribution in [0.3, 0.4) is 0 Å². The summed E-state index contributed by atoms with van der Waals surface area (Å²) in [5.41, 5.74) is 8.76. The molecule has 1 aliphatic heterocycles. The van der Waals surface area contributed by atoms with Gasteiger partial charge in [-0.25, -0.2) is 4.98 Å². The Kier molecular flexibility index (Phi) is 4.58. The Morgan fingerprint density at radius 2 is 2.12 bits per heavy atom. The zero-order chi connectivity index (χ0) is 17.4. The maximum atomic E-state index is 13.3. The summed E-state index contributed by atoms with van der Waals surface area (Å²) in [5.74, 6) is 0.172. The van der Waals surface area contributed by atoms with E-state index in [-0.39, 0.29) is 23.9 Å². The molecule has 2 aromatic rings. The first-order valence-corrected chi connectivity index (χ1v) is 8.73. The average molecular weight is 330 g/mol. The van der Waals surface area contributed by atoms with Gasteiger partial charge >= 0.3 is 0 Å². The molecule has 0 aromatic carbocycles. The Balaban J connectivity index is 2.10. The summed E-state index contributed by atoms with van der Waals surface area (Å²) < 4.78 is 5.39. The van der Waals surface area contributed by atoms with Crippen LogP contribution in [0.15, 0.2) is 10.6 Å². The normalized spacial score (nSPS) is 19.9. The van der Waals surface area contributed by atoms with Gasteiger partial charge in [0, 0.05) is 24.3 Å². The van der Waals surface area contributed by atoms with Crippen LogP contribution in [0.5, 0.6) is 0 Å². The molecule has 2 aromatic heterocycles. The molecule has 0 radical (unpaired) electrons. The number of hydrogen-bond donors (Lipinski definition) is 1. The van der Waals surface area contributed by atoms with Crippen LogP contribution < -0.4 is 5.73 Å². The number of carbonyl (C=O) groups excluding carboxylic acids is 1. The van der Waals surface area contributed by atoms with Crippen LogP contribution in [-0.4, -0.2) is 39.6 Å². The molecule has 3 heterocycles. The van der Waals surface area contributed by atoms with Crippen LogP contribution in [0, 0.1) is 6.92 Å². The van der Waals surface area contributed by atoms with Crippen molar-refractivity contribution in [2.75, 3.05) is 6.54 Å². The highest BCUT2D eigenvalue weighted by Crippen LogP contribution is 2.30. The van der Waals surface area contributed by atoms with E-state index in [9.17, 15) is 4.79 Å². The first-order chi connectivity index (χ1) is 11.4. The van der Waals surface area contributed by atoms with Gasteiger partial charge in [-0.15, -0.1) is 0 Å². The molecule has 6 nitrogen and oxygen atoms in total. The summed E-state index contributed by atoms with van der Waals surface area (Å²) in [7, 11) is 0. The summed E-state index contributed by atoms with van der Waals surface area (Å²) in [4.78, 5) is 19.7. The molecule has 2 atom stereocenters. The van der Waals surface area contributed by atoms with Gasteiger partial charge in [0.2, 0.25) is 0 Å². The van der Waals surface area contributed by atoms with Crippen molar-refractivity contribution in [1.29, 1.82) is 0 Å². The van der Waals surface area contributed by atoms with E-state index in [0.29, 0.717) is 11.3 Å². The number of aryl methyl sites for hydroxylation is 1. The van der Waals surface area contributed by atoms with Gasteiger partial charge in [0.1, 0.15) is 0 Å². The second-order valence-corrected chi connectivity index (χ2v) is 7.13. The highest BCUT2D eigenvalue weighted by atomic mass is 16.5. The molecule has 0 saturated carbocycles. The van der Waals surface area contributed by atoms with Crippen molar-refractivity contribution in [1.82, 2.24) is 15.0 Å². The van der Waals surface area contributed by atoms with E-state index in [0.717, 1.165) is 42.6 Å². The number of nitrogens with two attached hydrogens (primary N) is 1. The molecule has 2 N–H and O–H groups in total. The zero-order valence-electron chi connectivity index (χ0n) is 14.9. The summed E-state index contributed by atoms with van der Waals surface area (Å²) in [5, 5.41) is 4.89. The number of piperidine rings is 1. The standard InChI is InChI=1S/C18H26N4O2/c1-10(2)16-15-13(9-11(3)20-17(15)24-21-16)18(23)22-8-6-5-7-14(22)12(4)19/h9-10,12,14H,5-8,19H2,1-4H3. The number of carbonyl (C=O) groups is 1. The predicted octanol–water partition coefficient (Wildman–Crippen LogP) is 3.00. The quantitative estimate of drug-likeness (QED) is 0.935. The number of fused-ring (bicyclic) bond motifs is 1. The topological polar surface area (TPSA) is 85.2 Å². The number of amides is 1. The van der Waals surface area contributed by atoms with Crippen molar-refractivity contribution < 1.29 is 9.32 Å². The van der Waals surface area contributed by atoms with Crippen LogP contribution >= 0.6 is 0 Å². The molecule has 1 amide bonds. The van der Waals surface area contributed by atoms with Crippen LogP contribution in [0.25, 0.3) is 11.1 Å². The third-order valence-electron chi connectivity index (χ3n) is 4.80. The molecule has 3 rings (SSSR count). The lowest BCUT2D eigenvalue weighted by Crippen LogP contribution is -2.51. The Morgan fingerprint density at radius 1 is 1.38 bits per heavy atom. The molecule has 1 aliphatic rings. The Labute approximate surface area is 142 Å². The fourth-order valence-corrected chi connectivity index (χ4v) is 3.57. The number of pyridine rings is 1. The minimum absolute atomic E-state index is 0.0117. The highest BCUT2D eigenvalue weighted by molar-refractivity contribution is 6.06. The maximum absolute atomic E-state index is 13.3. The summed E-state index contributed by atoms with van der Waals surface area (Å²) in [6, 6.07) is 1.89. The Bertz CT molecular complexity index is 751. The fraction of sp³-hybridized carbons (Fsp3) is 0.611. The SMILES string of the molecule is Cc1cc(C(=O)N2CCCCC2C(C)N)c2c(C(C)C)noc2n1. The molecular formula is C18H26N4O2. The van der Waals surface area contributed by atoms with Crippen LogP contribution in [0.4, 0.5) is 0 Å². The summed E-state index contributed by atoms with van der Waals surface area (Å²) in [6.07, 6.45) is 3.09. The minimum Gasteiger partial charge on any atom is -0.335 e. The molecule has 0 aliphatic carbocycles. The molecule has 1 fully saturated rings. The molecule has 24 heavy (non-hydrogen) atoms. The average Bonchev–Trinajstić information content (AvgIpc) is 2.97. The molecule has 0 bridgehead atoms. The van der Waals surface area contributed by atoms with Gasteiger partial charge in [-0.2, -0.15) is 0 Å². The number of likely N-dealkylation sites (tertiary alicyclic amines) is 1. The molecule has 1 saturated heterocycles. The first kappa shape index (κ1) is 16.9. The maximum Gasteiger partial charge on any atom is 0.259 e. The number of nitrogens with zero attached hydrogens (tertiary/aromatic N) is 3. The van der Waals surface area contributed by atoms with E-state index in [1.54, 1.807) is 0 Å². The van der Waals surface area contributed by atoms with Crippen molar-refractivity contribution in [2.24, 2.45) is 5.73 Å². The van der Waals surface area contributed by atoms with Gasteiger partial charge < -0.3 is 15.2 Å². The molecule has 130 valence electrons. The number of rotatable bonds is 3. The molecule has 2 unspecified atom stereocenters. The van der Waals surface area contributed by atoms with Crippen molar-refractivity contribution in [3.63, 3.8) is 0 Å². The van der Waals surface area contributed by atoms with E-state index in [1.807, 2.05) is 38.7 Å². The van der Waals surface area contributed by atoms with Gasteiger partial charge in [-0.05, 0) is 45.1 Å². The lowest BCUT2D eigenvalue weighted by atomic mass is 9.95. The molecule has 0 spiro atoms. The van der Waals surface area contributed by atoms with Crippen molar-refractivity contribution in [3.8, 4) is 0 Å². The largest absolute Gasteiger partial charge is 0.335 e. The summed E-state index contributed by atoms with van der Waals surface area (Å²) >= 11 is 0. The zero-order valence-corrected chi connectivity index (χ0v) is 14.9. The van der Waals surface area contributed by atoms with Gasteiger partial charge in [-0.3, -0.25) is 4.79 Å². The minimum atomic E-state index is -0.0419. The first-order valence-electron chi connectivity index (χ1n) is 8.73. The van der Waals surface area contributed by atoms with Crippen LogP contribution in [-0.2, 0) is 0 Å².